The van der Waals surface area contributed by atoms with Crippen LogP contribution in [0.1, 0.15) is 0 Å². The molecule has 2 aliphatic heterocycles. The lowest BCUT2D eigenvalue weighted by Gasteiger charge is -2.20. The molecule has 2 aromatic rings. The maximum Gasteiger partial charge on any atom is 0.263 e. The van der Waals surface area contributed by atoms with E-state index in [0.717, 1.165) is 16.0 Å². The first-order valence-corrected chi connectivity index (χ1v) is 8.68. The molecule has 3 amide bonds. The summed E-state index contributed by atoms with van der Waals surface area (Å²) in [7, 11) is 0. The van der Waals surface area contributed by atoms with Crippen LogP contribution in [0.25, 0.3) is 0 Å². The highest BCUT2D eigenvalue weighted by Crippen LogP contribution is 2.32. The Morgan fingerprint density at radius 2 is 1.89 bits per heavy atom. The number of benzene rings is 2. The first-order chi connectivity index (χ1) is 13.4. The summed E-state index contributed by atoms with van der Waals surface area (Å²) < 4.78 is 13.5. The molecule has 0 unspecified atom stereocenters. The monoisotopic (exact) mass is 401 g/mol. The van der Waals surface area contributed by atoms with Gasteiger partial charge in [-0.15, -0.1) is 0 Å². The van der Waals surface area contributed by atoms with Gasteiger partial charge in [0.25, 0.3) is 11.8 Å². The highest BCUT2D eigenvalue weighted by molar-refractivity contribution is 6.30. The lowest BCUT2D eigenvalue weighted by Crippen LogP contribution is -2.43. The fraction of sp³-hybridized carbons (Fsp3) is 0.167. The zero-order valence-corrected chi connectivity index (χ0v) is 15.0. The topological polar surface area (TPSA) is 94.4 Å². The van der Waals surface area contributed by atoms with Crippen molar-refractivity contribution in [3.05, 3.63) is 59.4 Å². The van der Waals surface area contributed by atoms with Gasteiger partial charge < -0.3 is 5.32 Å². The van der Waals surface area contributed by atoms with Crippen molar-refractivity contribution in [1.82, 2.24) is 5.01 Å². The number of imide groups is 1. The average molecular weight is 402 g/mol. The summed E-state index contributed by atoms with van der Waals surface area (Å²) in [5.41, 5.74) is 0.641. The van der Waals surface area contributed by atoms with Crippen LogP contribution in [0.3, 0.4) is 0 Å². The van der Waals surface area contributed by atoms with Crippen molar-refractivity contribution in [2.24, 2.45) is 10.3 Å². The highest BCUT2D eigenvalue weighted by Gasteiger charge is 2.55. The number of halogens is 2. The van der Waals surface area contributed by atoms with Gasteiger partial charge in [0.1, 0.15) is 12.4 Å². The Morgan fingerprint density at radius 1 is 1.14 bits per heavy atom. The van der Waals surface area contributed by atoms with Crippen molar-refractivity contribution in [2.45, 2.75) is 12.1 Å². The van der Waals surface area contributed by atoms with Gasteiger partial charge in [-0.05, 0) is 42.5 Å². The van der Waals surface area contributed by atoms with Crippen molar-refractivity contribution in [1.29, 1.82) is 0 Å². The molecule has 28 heavy (non-hydrogen) atoms. The van der Waals surface area contributed by atoms with Crippen molar-refractivity contribution in [3.8, 4) is 0 Å². The Balaban J connectivity index is 1.49. The van der Waals surface area contributed by atoms with E-state index in [2.05, 4.69) is 15.7 Å². The van der Waals surface area contributed by atoms with Gasteiger partial charge in [0.2, 0.25) is 5.91 Å². The molecule has 0 radical (unpaired) electrons. The summed E-state index contributed by atoms with van der Waals surface area (Å²) in [4.78, 5) is 38.5. The van der Waals surface area contributed by atoms with Gasteiger partial charge in [-0.2, -0.15) is 5.11 Å². The lowest BCUT2D eigenvalue weighted by atomic mass is 10.1. The molecule has 2 aliphatic rings. The number of nitrogens with zero attached hydrogens (tertiary/aromatic N) is 4. The molecule has 4 rings (SSSR count). The SMILES string of the molecule is O=C(CN1N=N[C@@H]2C(=O)N(c3cccc(F)c3)C(=O)[C@H]21)Nc1ccc(Cl)cc1. The van der Waals surface area contributed by atoms with E-state index < -0.39 is 35.6 Å². The minimum absolute atomic E-state index is 0.116. The van der Waals surface area contributed by atoms with Crippen LogP contribution >= 0.6 is 11.6 Å². The summed E-state index contributed by atoms with van der Waals surface area (Å²) in [5.74, 6) is -2.22. The molecular formula is C18H13ClFN5O3. The van der Waals surface area contributed by atoms with Gasteiger partial charge in [-0.1, -0.05) is 22.9 Å². The third-order valence-corrected chi connectivity index (χ3v) is 4.61. The van der Waals surface area contributed by atoms with Gasteiger partial charge in [0.05, 0.1) is 5.69 Å². The molecule has 142 valence electrons. The van der Waals surface area contributed by atoms with Gasteiger partial charge >= 0.3 is 0 Å². The summed E-state index contributed by atoms with van der Waals surface area (Å²) in [6.07, 6.45) is 0. The molecule has 2 heterocycles. The maximum absolute atomic E-state index is 13.5. The van der Waals surface area contributed by atoms with E-state index in [1.54, 1.807) is 24.3 Å². The Bertz CT molecular complexity index is 997. The number of amides is 3. The van der Waals surface area contributed by atoms with Crippen LogP contribution in [0.4, 0.5) is 15.8 Å². The lowest BCUT2D eigenvalue weighted by molar-refractivity contribution is -0.123. The van der Waals surface area contributed by atoms with E-state index in [-0.39, 0.29) is 12.2 Å². The Morgan fingerprint density at radius 3 is 2.61 bits per heavy atom. The smallest absolute Gasteiger partial charge is 0.263 e. The fourth-order valence-electron chi connectivity index (χ4n) is 3.10. The van der Waals surface area contributed by atoms with Crippen LogP contribution in [-0.4, -0.2) is 41.4 Å². The minimum Gasteiger partial charge on any atom is -0.324 e. The van der Waals surface area contributed by atoms with Crippen LogP contribution in [0.2, 0.25) is 5.02 Å². The molecule has 8 nitrogen and oxygen atoms in total. The molecule has 0 aromatic heterocycles. The number of carbonyl (C=O) groups is 3. The Labute approximate surface area is 163 Å². The third-order valence-electron chi connectivity index (χ3n) is 4.36. The molecule has 0 spiro atoms. The summed E-state index contributed by atoms with van der Waals surface area (Å²) in [6, 6.07) is 9.57. The normalized spacial score (nSPS) is 20.6. The quantitative estimate of drug-likeness (QED) is 0.796. The number of anilines is 2. The number of hydrogen-bond donors (Lipinski definition) is 1. The number of rotatable bonds is 4. The van der Waals surface area contributed by atoms with E-state index >= 15 is 0 Å². The predicted molar refractivity (Wildman–Crippen MR) is 98.1 cm³/mol. The van der Waals surface area contributed by atoms with Gasteiger partial charge in [-0.25, -0.2) is 9.29 Å². The largest absolute Gasteiger partial charge is 0.324 e. The van der Waals surface area contributed by atoms with Crippen molar-refractivity contribution >= 4 is 40.7 Å². The zero-order valence-electron chi connectivity index (χ0n) is 14.3. The molecule has 2 aromatic carbocycles. The standard InChI is InChI=1S/C18H13ClFN5O3/c19-10-4-6-12(7-5-10)21-14(26)9-24-16-15(22-23-24)17(27)25(18(16)28)13-3-1-2-11(20)8-13/h1-8,15-16H,9H2,(H,21,26)/t15-,16-/m0/s1. The van der Waals surface area contributed by atoms with Crippen LogP contribution < -0.4 is 10.2 Å². The second kappa shape index (κ2) is 7.01. The van der Waals surface area contributed by atoms with E-state index in [1.807, 2.05) is 0 Å². The number of hydrogen-bond acceptors (Lipinski definition) is 6. The molecule has 0 bridgehead atoms. The Kier molecular flexibility index (Phi) is 4.52. The Hall–Kier alpha value is -3.33. The molecule has 10 heteroatoms. The van der Waals surface area contributed by atoms with E-state index in [0.29, 0.717) is 10.7 Å². The minimum atomic E-state index is -1.06. The number of fused-ring (bicyclic) bond motifs is 1. The highest BCUT2D eigenvalue weighted by atomic mass is 35.5. The molecular weight excluding hydrogens is 389 g/mol. The van der Waals surface area contributed by atoms with E-state index in [1.165, 1.54) is 18.2 Å². The predicted octanol–water partition coefficient (Wildman–Crippen LogP) is 2.41. The van der Waals surface area contributed by atoms with E-state index in [9.17, 15) is 18.8 Å². The molecule has 1 N–H and O–H groups in total. The van der Waals surface area contributed by atoms with Gasteiger partial charge in [0.15, 0.2) is 12.1 Å². The zero-order chi connectivity index (χ0) is 19.8. The molecule has 0 saturated carbocycles. The van der Waals surface area contributed by atoms with Gasteiger partial charge in [-0.3, -0.25) is 19.4 Å². The maximum atomic E-state index is 13.5. The first kappa shape index (κ1) is 18.1. The van der Waals surface area contributed by atoms with Gasteiger partial charge in [0, 0.05) is 10.7 Å². The molecule has 1 saturated heterocycles. The van der Waals surface area contributed by atoms with Crippen molar-refractivity contribution in [3.63, 3.8) is 0 Å². The first-order valence-electron chi connectivity index (χ1n) is 8.30. The second-order valence-corrected chi connectivity index (χ2v) is 6.68. The second-order valence-electron chi connectivity index (χ2n) is 6.24. The van der Waals surface area contributed by atoms with Crippen molar-refractivity contribution in [2.75, 3.05) is 16.8 Å². The van der Waals surface area contributed by atoms with Crippen LogP contribution in [0.15, 0.2) is 58.9 Å². The summed E-state index contributed by atoms with van der Waals surface area (Å²) in [5, 5.41) is 12.0. The summed E-state index contributed by atoms with van der Waals surface area (Å²) in [6.45, 7) is -0.275. The van der Waals surface area contributed by atoms with Crippen LogP contribution in [0, 0.1) is 5.82 Å². The van der Waals surface area contributed by atoms with Crippen LogP contribution in [-0.2, 0) is 14.4 Å². The summed E-state index contributed by atoms with van der Waals surface area (Å²) >= 11 is 5.80. The van der Waals surface area contributed by atoms with Crippen molar-refractivity contribution < 1.29 is 18.8 Å². The number of nitrogens with one attached hydrogen (secondary N) is 1. The molecule has 1 fully saturated rings. The van der Waals surface area contributed by atoms with E-state index in [4.69, 9.17) is 11.6 Å². The average Bonchev–Trinajstić information content (AvgIpc) is 3.17. The number of carbonyl (C=O) groups excluding carboxylic acids is 3. The fourth-order valence-corrected chi connectivity index (χ4v) is 3.23. The third kappa shape index (κ3) is 3.20. The molecule has 2 atom stereocenters. The van der Waals surface area contributed by atoms with Crippen LogP contribution in [0.5, 0.6) is 0 Å². The molecule has 0 aliphatic carbocycles.